The summed E-state index contributed by atoms with van der Waals surface area (Å²) in [5, 5.41) is 1.59. The number of aryl methyl sites for hydroxylation is 1. The van der Waals surface area contributed by atoms with Crippen molar-refractivity contribution in [2.24, 2.45) is 0 Å². The molecule has 0 radical (unpaired) electrons. The van der Waals surface area contributed by atoms with Crippen molar-refractivity contribution < 1.29 is 17.6 Å². The number of nitrogens with one attached hydrogen (secondary N) is 1. The molecule has 1 heterocycles. The molecule has 1 aromatic rings. The van der Waals surface area contributed by atoms with Gasteiger partial charge in [0.05, 0.1) is 10.2 Å². The molecule has 0 spiro atoms. The molecule has 0 aliphatic carbocycles. The minimum Gasteiger partial charge on any atom is -0.325 e. The summed E-state index contributed by atoms with van der Waals surface area (Å²) >= 11 is 3.04. The number of amides is 1. The van der Waals surface area contributed by atoms with E-state index in [9.17, 15) is 17.6 Å². The fraction of sp³-hybridized carbons (Fsp3) is 0.462. The third-order valence-corrected chi connectivity index (χ3v) is 6.18. The van der Waals surface area contributed by atoms with Crippen LogP contribution in [0, 0.1) is 12.7 Å². The van der Waals surface area contributed by atoms with Crippen LogP contribution in [0.25, 0.3) is 0 Å². The molecule has 2 rings (SSSR count). The Morgan fingerprint density at radius 3 is 2.75 bits per heavy atom. The average Bonchev–Trinajstić information content (AvgIpc) is 2.35. The molecule has 1 atom stereocenters. The monoisotopic (exact) mass is 363 g/mol. The third kappa shape index (κ3) is 3.20. The fourth-order valence-corrected chi connectivity index (χ4v) is 4.39. The second kappa shape index (κ2) is 5.81. The molecular weight excluding hydrogens is 349 g/mol. The summed E-state index contributed by atoms with van der Waals surface area (Å²) in [4.78, 5) is 12.1. The Balaban J connectivity index is 2.22. The van der Waals surface area contributed by atoms with Crippen molar-refractivity contribution >= 4 is 37.4 Å². The standard InChI is InChI=1S/C13H15BrFNO3S/c1-8-6-10(15)9(14)7-11(8)16-13(17)12-4-2-3-5-20(12,18)19/h6-7,12H,2-5H2,1H3,(H,16,17). The van der Waals surface area contributed by atoms with E-state index >= 15 is 0 Å². The number of rotatable bonds is 2. The fourth-order valence-electron chi connectivity index (χ4n) is 2.24. The maximum absolute atomic E-state index is 13.3. The van der Waals surface area contributed by atoms with Crippen LogP contribution in [0.2, 0.25) is 0 Å². The van der Waals surface area contributed by atoms with Gasteiger partial charge in [-0.3, -0.25) is 4.79 Å². The number of hydrogen-bond donors (Lipinski definition) is 1. The van der Waals surface area contributed by atoms with Gasteiger partial charge in [-0.15, -0.1) is 0 Å². The van der Waals surface area contributed by atoms with Crippen LogP contribution < -0.4 is 5.32 Å². The van der Waals surface area contributed by atoms with Crippen LogP contribution in [0.4, 0.5) is 10.1 Å². The number of benzene rings is 1. The SMILES string of the molecule is Cc1cc(F)c(Br)cc1NC(=O)C1CCCCS1(=O)=O. The molecule has 1 saturated heterocycles. The van der Waals surface area contributed by atoms with E-state index in [1.165, 1.54) is 12.1 Å². The summed E-state index contributed by atoms with van der Waals surface area (Å²) in [5.74, 6) is -0.908. The van der Waals surface area contributed by atoms with Crippen LogP contribution >= 0.6 is 15.9 Å². The largest absolute Gasteiger partial charge is 0.325 e. The number of anilines is 1. The summed E-state index contributed by atoms with van der Waals surface area (Å²) in [5.41, 5.74) is 0.969. The van der Waals surface area contributed by atoms with Crippen molar-refractivity contribution in [3.05, 3.63) is 28.0 Å². The summed E-state index contributed by atoms with van der Waals surface area (Å²) in [6.07, 6.45) is 1.67. The predicted octanol–water partition coefficient (Wildman–Crippen LogP) is 2.80. The van der Waals surface area contributed by atoms with E-state index in [1.54, 1.807) is 6.92 Å². The first-order chi connectivity index (χ1) is 9.31. The summed E-state index contributed by atoms with van der Waals surface area (Å²) in [6.45, 7) is 1.65. The molecular formula is C13H15BrFNO3S. The molecule has 0 aromatic heterocycles. The number of sulfone groups is 1. The van der Waals surface area contributed by atoms with E-state index in [0.717, 1.165) is 6.42 Å². The van der Waals surface area contributed by atoms with Crippen LogP contribution in [0.15, 0.2) is 16.6 Å². The van der Waals surface area contributed by atoms with Crippen LogP contribution in [0.3, 0.4) is 0 Å². The maximum Gasteiger partial charge on any atom is 0.242 e. The van der Waals surface area contributed by atoms with Crippen molar-refractivity contribution in [2.75, 3.05) is 11.1 Å². The predicted molar refractivity (Wildman–Crippen MR) is 78.9 cm³/mol. The lowest BCUT2D eigenvalue weighted by Gasteiger charge is -2.22. The average molecular weight is 364 g/mol. The highest BCUT2D eigenvalue weighted by atomic mass is 79.9. The first-order valence-corrected chi connectivity index (χ1v) is 8.80. The summed E-state index contributed by atoms with van der Waals surface area (Å²) in [7, 11) is -3.37. The van der Waals surface area contributed by atoms with E-state index in [1.807, 2.05) is 0 Å². The molecule has 1 unspecified atom stereocenters. The molecule has 1 aromatic carbocycles. The molecule has 4 nitrogen and oxygen atoms in total. The van der Waals surface area contributed by atoms with Gasteiger partial charge in [-0.2, -0.15) is 0 Å². The van der Waals surface area contributed by atoms with E-state index in [4.69, 9.17) is 0 Å². The molecule has 0 bridgehead atoms. The number of hydrogen-bond acceptors (Lipinski definition) is 3. The molecule has 1 fully saturated rings. The van der Waals surface area contributed by atoms with Crippen molar-refractivity contribution in [3.8, 4) is 0 Å². The van der Waals surface area contributed by atoms with Gasteiger partial charge in [0, 0.05) is 5.69 Å². The van der Waals surface area contributed by atoms with Gasteiger partial charge >= 0.3 is 0 Å². The molecule has 20 heavy (non-hydrogen) atoms. The van der Waals surface area contributed by atoms with Gasteiger partial charge in [-0.05, 0) is 53.4 Å². The highest BCUT2D eigenvalue weighted by Crippen LogP contribution is 2.26. The number of carbonyl (C=O) groups is 1. The highest BCUT2D eigenvalue weighted by Gasteiger charge is 2.34. The lowest BCUT2D eigenvalue weighted by Crippen LogP contribution is -2.39. The van der Waals surface area contributed by atoms with Crippen molar-refractivity contribution in [2.45, 2.75) is 31.4 Å². The first kappa shape index (κ1) is 15.4. The van der Waals surface area contributed by atoms with Gasteiger partial charge in [0.15, 0.2) is 9.84 Å². The zero-order chi connectivity index (χ0) is 14.9. The molecule has 1 N–H and O–H groups in total. The Labute approximate surface area is 125 Å². The topological polar surface area (TPSA) is 63.2 Å². The van der Waals surface area contributed by atoms with Crippen LogP contribution in [0.1, 0.15) is 24.8 Å². The molecule has 110 valence electrons. The molecule has 0 saturated carbocycles. The Kier molecular flexibility index (Phi) is 4.49. The zero-order valence-electron chi connectivity index (χ0n) is 10.9. The summed E-state index contributed by atoms with van der Waals surface area (Å²) in [6, 6.07) is 2.73. The minimum absolute atomic E-state index is 0.0528. The molecule has 7 heteroatoms. The van der Waals surface area contributed by atoms with Gasteiger partial charge < -0.3 is 5.32 Å². The minimum atomic E-state index is -3.37. The van der Waals surface area contributed by atoms with E-state index < -0.39 is 26.8 Å². The second-order valence-electron chi connectivity index (χ2n) is 4.92. The Morgan fingerprint density at radius 2 is 2.10 bits per heavy atom. The summed E-state index contributed by atoms with van der Waals surface area (Å²) < 4.78 is 37.3. The second-order valence-corrected chi connectivity index (χ2v) is 8.08. The van der Waals surface area contributed by atoms with E-state index in [0.29, 0.717) is 24.1 Å². The zero-order valence-corrected chi connectivity index (χ0v) is 13.4. The van der Waals surface area contributed by atoms with E-state index in [-0.39, 0.29) is 10.2 Å². The van der Waals surface area contributed by atoms with Crippen molar-refractivity contribution in [3.63, 3.8) is 0 Å². The molecule has 1 aliphatic rings. The highest BCUT2D eigenvalue weighted by molar-refractivity contribution is 9.10. The molecule has 1 amide bonds. The molecule has 1 aliphatic heterocycles. The maximum atomic E-state index is 13.3. The van der Waals surface area contributed by atoms with Gasteiger partial charge in [-0.1, -0.05) is 6.42 Å². The lowest BCUT2D eigenvalue weighted by atomic mass is 10.1. The van der Waals surface area contributed by atoms with Gasteiger partial charge in [-0.25, -0.2) is 12.8 Å². The van der Waals surface area contributed by atoms with Crippen LogP contribution in [-0.2, 0) is 14.6 Å². The van der Waals surface area contributed by atoms with Crippen molar-refractivity contribution in [1.29, 1.82) is 0 Å². The van der Waals surface area contributed by atoms with Gasteiger partial charge in [0.25, 0.3) is 0 Å². The number of halogens is 2. The Hall–Kier alpha value is -0.950. The lowest BCUT2D eigenvalue weighted by molar-refractivity contribution is -0.116. The first-order valence-electron chi connectivity index (χ1n) is 6.29. The van der Waals surface area contributed by atoms with Crippen molar-refractivity contribution in [1.82, 2.24) is 0 Å². The normalized spacial score (nSPS) is 21.4. The quantitative estimate of drug-likeness (QED) is 0.878. The Morgan fingerprint density at radius 1 is 1.40 bits per heavy atom. The van der Waals surface area contributed by atoms with Gasteiger partial charge in [0.1, 0.15) is 11.1 Å². The number of carbonyl (C=O) groups excluding carboxylic acids is 1. The Bertz CT molecular complexity index is 645. The smallest absolute Gasteiger partial charge is 0.242 e. The van der Waals surface area contributed by atoms with E-state index in [2.05, 4.69) is 21.2 Å². The van der Waals surface area contributed by atoms with Crippen LogP contribution in [-0.4, -0.2) is 25.3 Å². The van der Waals surface area contributed by atoms with Crippen LogP contribution in [0.5, 0.6) is 0 Å². The van der Waals surface area contributed by atoms with Gasteiger partial charge in [0.2, 0.25) is 5.91 Å². The third-order valence-electron chi connectivity index (χ3n) is 3.40.